The number of hydrogen-bond donors (Lipinski definition) is 3. The topological polar surface area (TPSA) is 92.4 Å². The third-order valence-electron chi connectivity index (χ3n) is 2.85. The molecule has 106 valence electrons. The monoisotopic (exact) mass is 258 g/mol. The molecule has 0 rings (SSSR count). The Bertz CT molecular complexity index is 244. The van der Waals surface area contributed by atoms with Crippen molar-refractivity contribution in [1.82, 2.24) is 5.32 Å². The Morgan fingerprint density at radius 3 is 2.39 bits per heavy atom. The van der Waals surface area contributed by atoms with E-state index in [4.69, 9.17) is 10.8 Å². The Balaban J connectivity index is 3.35. The molecule has 0 aliphatic rings. The lowest BCUT2D eigenvalue weighted by atomic mass is 10.1. The van der Waals surface area contributed by atoms with Crippen molar-refractivity contribution in [3.05, 3.63) is 0 Å². The van der Waals surface area contributed by atoms with E-state index in [-0.39, 0.29) is 12.3 Å². The first-order chi connectivity index (χ1) is 8.57. The molecular weight excluding hydrogens is 232 g/mol. The van der Waals surface area contributed by atoms with Crippen LogP contribution in [-0.4, -0.2) is 29.6 Å². The zero-order valence-corrected chi connectivity index (χ0v) is 11.3. The van der Waals surface area contributed by atoms with Crippen LogP contribution in [0.2, 0.25) is 0 Å². The van der Waals surface area contributed by atoms with Crippen LogP contribution in [0.5, 0.6) is 0 Å². The highest BCUT2D eigenvalue weighted by atomic mass is 16.4. The number of hydrogen-bond acceptors (Lipinski definition) is 3. The number of rotatable bonds is 11. The first-order valence-electron chi connectivity index (χ1n) is 6.83. The number of aliphatic carboxylic acids is 1. The predicted molar refractivity (Wildman–Crippen MR) is 71.2 cm³/mol. The lowest BCUT2D eigenvalue weighted by molar-refractivity contribution is -0.138. The molecule has 5 heteroatoms. The van der Waals surface area contributed by atoms with Gasteiger partial charge in [-0.1, -0.05) is 39.0 Å². The van der Waals surface area contributed by atoms with Crippen molar-refractivity contribution in [2.45, 2.75) is 64.3 Å². The fourth-order valence-electron chi connectivity index (χ4n) is 1.64. The van der Waals surface area contributed by atoms with Gasteiger partial charge in [0.25, 0.3) is 0 Å². The van der Waals surface area contributed by atoms with E-state index in [2.05, 4.69) is 12.2 Å². The van der Waals surface area contributed by atoms with E-state index in [1.807, 2.05) is 0 Å². The number of nitrogens with two attached hydrogens (primary N) is 1. The molecule has 0 radical (unpaired) electrons. The predicted octanol–water partition coefficient (Wildman–Crippen LogP) is 1.66. The van der Waals surface area contributed by atoms with Crippen LogP contribution in [0.1, 0.15) is 58.3 Å². The van der Waals surface area contributed by atoms with Crippen molar-refractivity contribution in [3.8, 4) is 0 Å². The average Bonchev–Trinajstić information content (AvgIpc) is 2.33. The molecule has 0 fully saturated rings. The van der Waals surface area contributed by atoms with Crippen LogP contribution in [-0.2, 0) is 9.59 Å². The minimum absolute atomic E-state index is 0.0110. The second-order valence-electron chi connectivity index (χ2n) is 4.60. The van der Waals surface area contributed by atoms with Gasteiger partial charge < -0.3 is 16.2 Å². The zero-order valence-electron chi connectivity index (χ0n) is 11.3. The van der Waals surface area contributed by atoms with Crippen molar-refractivity contribution in [1.29, 1.82) is 0 Å². The van der Waals surface area contributed by atoms with E-state index < -0.39 is 12.0 Å². The van der Waals surface area contributed by atoms with Crippen LogP contribution in [0.15, 0.2) is 0 Å². The summed E-state index contributed by atoms with van der Waals surface area (Å²) in [4.78, 5) is 21.8. The van der Waals surface area contributed by atoms with Gasteiger partial charge in [-0.2, -0.15) is 0 Å². The molecule has 0 spiro atoms. The second kappa shape index (κ2) is 11.0. The highest BCUT2D eigenvalue weighted by Gasteiger charge is 2.10. The number of carboxylic acids is 1. The van der Waals surface area contributed by atoms with E-state index >= 15 is 0 Å². The normalized spacial score (nSPS) is 12.1. The van der Waals surface area contributed by atoms with E-state index in [0.717, 1.165) is 12.8 Å². The lowest BCUT2D eigenvalue weighted by Crippen LogP contribution is -2.35. The number of carbonyl (C=O) groups excluding carboxylic acids is 1. The molecule has 0 aromatic rings. The van der Waals surface area contributed by atoms with Gasteiger partial charge in [0.15, 0.2) is 0 Å². The van der Waals surface area contributed by atoms with Gasteiger partial charge in [-0.15, -0.1) is 0 Å². The molecule has 0 saturated carbocycles. The summed E-state index contributed by atoms with van der Waals surface area (Å²) in [5.74, 6) is -1.04. The average molecular weight is 258 g/mol. The van der Waals surface area contributed by atoms with Crippen molar-refractivity contribution in [2.75, 3.05) is 6.54 Å². The molecule has 0 bridgehead atoms. The molecule has 0 aromatic carbocycles. The van der Waals surface area contributed by atoms with Gasteiger partial charge in [0.1, 0.15) is 6.04 Å². The van der Waals surface area contributed by atoms with Crippen LogP contribution in [0.3, 0.4) is 0 Å². The third-order valence-corrected chi connectivity index (χ3v) is 2.85. The van der Waals surface area contributed by atoms with Crippen LogP contribution in [0.4, 0.5) is 0 Å². The molecule has 1 atom stereocenters. The van der Waals surface area contributed by atoms with Crippen molar-refractivity contribution in [3.63, 3.8) is 0 Å². The van der Waals surface area contributed by atoms with E-state index in [0.29, 0.717) is 13.0 Å². The standard InChI is InChI=1S/C13H26N2O3/c1-2-3-4-5-6-7-8-12(16)15-10-9-11(14)13(17)18/h11H,2-10,14H2,1H3,(H,15,16)(H,17,18)/t11-/m1/s1. The SMILES string of the molecule is CCCCCCCCC(=O)NCC[C@@H](N)C(=O)O. The van der Waals surface area contributed by atoms with Gasteiger partial charge in [0, 0.05) is 13.0 Å². The highest BCUT2D eigenvalue weighted by Crippen LogP contribution is 2.06. The van der Waals surface area contributed by atoms with Crippen LogP contribution < -0.4 is 11.1 Å². The van der Waals surface area contributed by atoms with Gasteiger partial charge in [0.2, 0.25) is 5.91 Å². The summed E-state index contributed by atoms with van der Waals surface area (Å²) in [6.07, 6.45) is 7.70. The van der Waals surface area contributed by atoms with Crippen LogP contribution in [0, 0.1) is 0 Å². The summed E-state index contributed by atoms with van der Waals surface area (Å²) < 4.78 is 0. The number of carbonyl (C=O) groups is 2. The molecule has 0 aromatic heterocycles. The summed E-state index contributed by atoms with van der Waals surface area (Å²) >= 11 is 0. The molecule has 1 amide bonds. The molecule has 0 aliphatic carbocycles. The maximum absolute atomic E-state index is 11.4. The lowest BCUT2D eigenvalue weighted by Gasteiger charge is -2.07. The molecule has 18 heavy (non-hydrogen) atoms. The molecule has 0 aliphatic heterocycles. The Kier molecular flexibility index (Phi) is 10.3. The van der Waals surface area contributed by atoms with Crippen molar-refractivity contribution < 1.29 is 14.7 Å². The Labute approximate surface area is 109 Å². The minimum Gasteiger partial charge on any atom is -0.480 e. The Morgan fingerprint density at radius 2 is 1.78 bits per heavy atom. The van der Waals surface area contributed by atoms with E-state index in [1.54, 1.807) is 0 Å². The van der Waals surface area contributed by atoms with Gasteiger partial charge in [-0.3, -0.25) is 9.59 Å². The maximum Gasteiger partial charge on any atom is 0.320 e. The van der Waals surface area contributed by atoms with Gasteiger partial charge in [-0.05, 0) is 12.8 Å². The molecule has 4 N–H and O–H groups in total. The van der Waals surface area contributed by atoms with Crippen molar-refractivity contribution in [2.24, 2.45) is 5.73 Å². The van der Waals surface area contributed by atoms with E-state index in [1.165, 1.54) is 25.7 Å². The largest absolute Gasteiger partial charge is 0.480 e. The molecule has 5 nitrogen and oxygen atoms in total. The highest BCUT2D eigenvalue weighted by molar-refractivity contribution is 5.76. The number of amides is 1. The molecule has 0 saturated heterocycles. The number of carboxylic acid groups (broad SMARTS) is 1. The van der Waals surface area contributed by atoms with Crippen molar-refractivity contribution >= 4 is 11.9 Å². The maximum atomic E-state index is 11.4. The minimum atomic E-state index is -1.03. The summed E-state index contributed by atoms with van der Waals surface area (Å²) in [5, 5.41) is 11.2. The van der Waals surface area contributed by atoms with Crippen LogP contribution >= 0.6 is 0 Å². The summed E-state index contributed by atoms with van der Waals surface area (Å²) in [5.41, 5.74) is 5.32. The summed E-state index contributed by atoms with van der Waals surface area (Å²) in [6.45, 7) is 2.51. The second-order valence-corrected chi connectivity index (χ2v) is 4.60. The first-order valence-corrected chi connectivity index (χ1v) is 6.83. The fraction of sp³-hybridized carbons (Fsp3) is 0.846. The summed E-state index contributed by atoms with van der Waals surface area (Å²) in [6, 6.07) is -0.889. The van der Waals surface area contributed by atoms with Gasteiger partial charge in [0.05, 0.1) is 0 Å². The fourth-order valence-corrected chi connectivity index (χ4v) is 1.64. The Hall–Kier alpha value is -1.10. The zero-order chi connectivity index (χ0) is 13.8. The van der Waals surface area contributed by atoms with Gasteiger partial charge >= 0.3 is 5.97 Å². The molecule has 0 heterocycles. The van der Waals surface area contributed by atoms with Crippen LogP contribution in [0.25, 0.3) is 0 Å². The van der Waals surface area contributed by atoms with Gasteiger partial charge in [-0.25, -0.2) is 0 Å². The number of unbranched alkanes of at least 4 members (excludes halogenated alkanes) is 5. The summed E-state index contributed by atoms with van der Waals surface area (Å²) in [7, 11) is 0. The first kappa shape index (κ1) is 16.9. The van der Waals surface area contributed by atoms with E-state index in [9.17, 15) is 9.59 Å². The number of nitrogens with one attached hydrogen (secondary N) is 1. The molecular formula is C13H26N2O3. The molecule has 0 unspecified atom stereocenters. The quantitative estimate of drug-likeness (QED) is 0.491. The smallest absolute Gasteiger partial charge is 0.320 e. The Morgan fingerprint density at radius 1 is 1.17 bits per heavy atom. The third kappa shape index (κ3) is 10.1.